The Morgan fingerprint density at radius 1 is 1.59 bits per heavy atom. The quantitative estimate of drug-likeness (QED) is 0.788. The molecule has 0 aliphatic carbocycles. The van der Waals surface area contributed by atoms with Gasteiger partial charge in [0.05, 0.1) is 12.1 Å². The molecule has 2 aromatic heterocycles. The van der Waals surface area contributed by atoms with Crippen LogP contribution in [-0.2, 0) is 11.3 Å². The summed E-state index contributed by atoms with van der Waals surface area (Å²) in [7, 11) is 0. The summed E-state index contributed by atoms with van der Waals surface area (Å²) in [5, 5.41) is 13.6. The first-order valence-electron chi connectivity index (χ1n) is 5.50. The van der Waals surface area contributed by atoms with Gasteiger partial charge in [-0.15, -0.1) is 0 Å². The highest BCUT2D eigenvalue weighted by Crippen LogP contribution is 2.34. The molecule has 2 aromatic rings. The van der Waals surface area contributed by atoms with E-state index in [1.54, 1.807) is 10.9 Å². The van der Waals surface area contributed by atoms with Gasteiger partial charge < -0.3 is 5.32 Å². The van der Waals surface area contributed by atoms with E-state index in [1.807, 2.05) is 6.92 Å². The number of hydrogen-bond acceptors (Lipinski definition) is 4. The fraction of sp³-hybridized carbons (Fsp3) is 0.400. The molecule has 0 bridgehead atoms. The average molecular weight is 232 g/mol. The van der Waals surface area contributed by atoms with Crippen molar-refractivity contribution in [3.63, 3.8) is 0 Å². The highest BCUT2D eigenvalue weighted by molar-refractivity contribution is 5.93. The summed E-state index contributed by atoms with van der Waals surface area (Å²) in [5.41, 5.74) is 0.965. The number of fused-ring (bicyclic) bond motifs is 1. The van der Waals surface area contributed by atoms with Crippen molar-refractivity contribution in [1.29, 1.82) is 0 Å². The van der Waals surface area contributed by atoms with Crippen molar-refractivity contribution < 1.29 is 4.79 Å². The van der Waals surface area contributed by atoms with Crippen LogP contribution in [0.15, 0.2) is 12.5 Å². The van der Waals surface area contributed by atoms with Crippen molar-refractivity contribution in [2.75, 3.05) is 5.32 Å². The Morgan fingerprint density at radius 2 is 2.47 bits per heavy atom. The SMILES string of the molecule is CCn1ncnc1[C@@H]1CC(=O)Nc2[nH]ncc21. The van der Waals surface area contributed by atoms with E-state index >= 15 is 0 Å². The molecule has 0 saturated heterocycles. The number of hydrogen-bond donors (Lipinski definition) is 2. The van der Waals surface area contributed by atoms with Crippen LogP contribution in [0.2, 0.25) is 0 Å². The summed E-state index contributed by atoms with van der Waals surface area (Å²) in [5.74, 6) is 1.37. The lowest BCUT2D eigenvalue weighted by Gasteiger charge is -2.21. The lowest BCUT2D eigenvalue weighted by Crippen LogP contribution is -2.25. The Kier molecular flexibility index (Phi) is 2.17. The third kappa shape index (κ3) is 1.50. The summed E-state index contributed by atoms with van der Waals surface area (Å²) >= 11 is 0. The molecule has 1 amide bonds. The molecule has 3 heterocycles. The van der Waals surface area contributed by atoms with Crippen molar-refractivity contribution in [2.24, 2.45) is 0 Å². The smallest absolute Gasteiger partial charge is 0.226 e. The third-order valence-corrected chi connectivity index (χ3v) is 2.95. The monoisotopic (exact) mass is 232 g/mol. The van der Waals surface area contributed by atoms with Crippen LogP contribution in [0.3, 0.4) is 0 Å². The highest BCUT2D eigenvalue weighted by Gasteiger charge is 2.31. The van der Waals surface area contributed by atoms with Gasteiger partial charge in [0.25, 0.3) is 0 Å². The molecule has 1 aliphatic rings. The number of carbonyl (C=O) groups is 1. The van der Waals surface area contributed by atoms with E-state index in [-0.39, 0.29) is 11.8 Å². The Labute approximate surface area is 97.2 Å². The second kappa shape index (κ2) is 3.69. The second-order valence-corrected chi connectivity index (χ2v) is 3.94. The first-order valence-corrected chi connectivity index (χ1v) is 5.50. The van der Waals surface area contributed by atoms with Crippen molar-refractivity contribution >= 4 is 11.7 Å². The van der Waals surface area contributed by atoms with Crippen LogP contribution in [0.5, 0.6) is 0 Å². The van der Waals surface area contributed by atoms with E-state index in [0.29, 0.717) is 12.2 Å². The third-order valence-electron chi connectivity index (χ3n) is 2.95. The Balaban J connectivity index is 2.08. The molecule has 7 heteroatoms. The predicted molar refractivity (Wildman–Crippen MR) is 59.4 cm³/mol. The van der Waals surface area contributed by atoms with E-state index in [2.05, 4.69) is 25.6 Å². The molecular formula is C10H12N6O. The fourth-order valence-electron chi connectivity index (χ4n) is 2.16. The molecule has 0 radical (unpaired) electrons. The number of aryl methyl sites for hydroxylation is 1. The molecule has 0 saturated carbocycles. The van der Waals surface area contributed by atoms with Crippen LogP contribution < -0.4 is 5.32 Å². The molecule has 1 atom stereocenters. The van der Waals surface area contributed by atoms with Gasteiger partial charge in [-0.25, -0.2) is 9.67 Å². The van der Waals surface area contributed by atoms with Gasteiger partial charge in [-0.3, -0.25) is 9.89 Å². The summed E-state index contributed by atoms with van der Waals surface area (Å²) in [6.45, 7) is 2.73. The number of nitrogens with zero attached hydrogens (tertiary/aromatic N) is 4. The van der Waals surface area contributed by atoms with Crippen LogP contribution in [0, 0.1) is 0 Å². The van der Waals surface area contributed by atoms with Crippen LogP contribution >= 0.6 is 0 Å². The zero-order chi connectivity index (χ0) is 11.8. The van der Waals surface area contributed by atoms with Gasteiger partial charge in [0.15, 0.2) is 0 Å². The molecular weight excluding hydrogens is 220 g/mol. The summed E-state index contributed by atoms with van der Waals surface area (Å²) in [4.78, 5) is 15.9. The minimum Gasteiger partial charge on any atom is -0.311 e. The first-order chi connectivity index (χ1) is 8.29. The fourth-order valence-corrected chi connectivity index (χ4v) is 2.16. The van der Waals surface area contributed by atoms with Crippen LogP contribution in [0.4, 0.5) is 5.82 Å². The van der Waals surface area contributed by atoms with Gasteiger partial charge in [0, 0.05) is 18.5 Å². The maximum absolute atomic E-state index is 11.6. The van der Waals surface area contributed by atoms with Crippen molar-refractivity contribution in [3.8, 4) is 0 Å². The van der Waals surface area contributed by atoms with Gasteiger partial charge >= 0.3 is 0 Å². The molecule has 0 aromatic carbocycles. The number of aromatic amines is 1. The molecule has 7 nitrogen and oxygen atoms in total. The molecule has 0 fully saturated rings. The summed E-state index contributed by atoms with van der Waals surface area (Å²) in [6.07, 6.45) is 3.63. The topological polar surface area (TPSA) is 88.5 Å². The minimum atomic E-state index is -0.0695. The highest BCUT2D eigenvalue weighted by atomic mass is 16.1. The molecule has 17 heavy (non-hydrogen) atoms. The number of nitrogens with one attached hydrogen (secondary N) is 2. The summed E-state index contributed by atoms with van der Waals surface area (Å²) < 4.78 is 1.81. The lowest BCUT2D eigenvalue weighted by atomic mass is 9.93. The van der Waals surface area contributed by atoms with Gasteiger partial charge in [0.2, 0.25) is 5.91 Å². The van der Waals surface area contributed by atoms with E-state index in [4.69, 9.17) is 0 Å². The van der Waals surface area contributed by atoms with E-state index in [0.717, 1.165) is 17.9 Å². The van der Waals surface area contributed by atoms with Crippen molar-refractivity contribution in [2.45, 2.75) is 25.8 Å². The molecule has 88 valence electrons. The van der Waals surface area contributed by atoms with Crippen LogP contribution in [0.1, 0.15) is 30.7 Å². The second-order valence-electron chi connectivity index (χ2n) is 3.94. The number of aromatic nitrogens is 5. The van der Waals surface area contributed by atoms with Gasteiger partial charge in [-0.2, -0.15) is 10.2 Å². The Morgan fingerprint density at radius 3 is 3.29 bits per heavy atom. The molecule has 3 rings (SSSR count). The zero-order valence-corrected chi connectivity index (χ0v) is 9.34. The van der Waals surface area contributed by atoms with Gasteiger partial charge in [-0.1, -0.05) is 0 Å². The number of anilines is 1. The lowest BCUT2D eigenvalue weighted by molar-refractivity contribution is -0.116. The van der Waals surface area contributed by atoms with Crippen LogP contribution in [0.25, 0.3) is 0 Å². The standard InChI is InChI=1S/C10H12N6O/c1-2-16-10(11-5-13-16)6-3-8(17)14-9-7(6)4-12-15-9/h4-6H,2-3H2,1H3,(H2,12,14,15,17)/t6-/m1/s1. The first kappa shape index (κ1) is 10.0. The molecule has 0 spiro atoms. The summed E-state index contributed by atoms with van der Waals surface area (Å²) in [6, 6.07) is 0. The Bertz CT molecular complexity index is 557. The number of H-pyrrole nitrogens is 1. The van der Waals surface area contributed by atoms with Gasteiger partial charge in [0.1, 0.15) is 18.0 Å². The maximum Gasteiger partial charge on any atom is 0.226 e. The molecule has 2 N–H and O–H groups in total. The number of carbonyl (C=O) groups excluding carboxylic acids is 1. The van der Waals surface area contributed by atoms with E-state index in [1.165, 1.54) is 6.33 Å². The minimum absolute atomic E-state index is 0.0302. The van der Waals surface area contributed by atoms with E-state index in [9.17, 15) is 4.79 Å². The largest absolute Gasteiger partial charge is 0.311 e. The molecule has 1 aliphatic heterocycles. The predicted octanol–water partition coefficient (Wildman–Crippen LogP) is 0.495. The zero-order valence-electron chi connectivity index (χ0n) is 9.34. The normalized spacial score (nSPS) is 18.9. The van der Waals surface area contributed by atoms with Crippen molar-refractivity contribution in [3.05, 3.63) is 23.9 Å². The Hall–Kier alpha value is -2.18. The van der Waals surface area contributed by atoms with E-state index < -0.39 is 0 Å². The molecule has 0 unspecified atom stereocenters. The van der Waals surface area contributed by atoms with Crippen molar-refractivity contribution in [1.82, 2.24) is 25.0 Å². The van der Waals surface area contributed by atoms with Gasteiger partial charge in [-0.05, 0) is 6.92 Å². The number of rotatable bonds is 2. The average Bonchev–Trinajstić information content (AvgIpc) is 2.95. The maximum atomic E-state index is 11.6. The van der Waals surface area contributed by atoms with Crippen LogP contribution in [-0.4, -0.2) is 30.9 Å². The number of amides is 1.